The van der Waals surface area contributed by atoms with Gasteiger partial charge in [0.25, 0.3) is 11.8 Å². The third kappa shape index (κ3) is 6.93. The van der Waals surface area contributed by atoms with E-state index >= 15 is 0 Å². The molecule has 0 fully saturated rings. The summed E-state index contributed by atoms with van der Waals surface area (Å²) in [6.45, 7) is 3.29. The van der Waals surface area contributed by atoms with E-state index in [0.717, 1.165) is 11.1 Å². The summed E-state index contributed by atoms with van der Waals surface area (Å²) in [5.74, 6) is -0.207. The highest BCUT2D eigenvalue weighted by molar-refractivity contribution is 9.10. The van der Waals surface area contributed by atoms with E-state index in [1.54, 1.807) is 6.07 Å². The highest BCUT2D eigenvalue weighted by atomic mass is 79.9. The van der Waals surface area contributed by atoms with Crippen molar-refractivity contribution in [3.05, 3.63) is 56.0 Å². The summed E-state index contributed by atoms with van der Waals surface area (Å²) in [6.07, 6.45) is 0. The lowest BCUT2D eigenvalue weighted by atomic mass is 10.1. The molecule has 0 aliphatic carbocycles. The first-order chi connectivity index (χ1) is 12.7. The van der Waals surface area contributed by atoms with E-state index in [1.807, 2.05) is 32.0 Å². The molecule has 2 N–H and O–H groups in total. The van der Waals surface area contributed by atoms with Gasteiger partial charge in [-0.05, 0) is 65.2 Å². The van der Waals surface area contributed by atoms with Crippen LogP contribution in [-0.2, 0) is 9.59 Å². The summed E-state index contributed by atoms with van der Waals surface area (Å²) < 4.78 is 11.3. The summed E-state index contributed by atoms with van der Waals surface area (Å²) >= 11 is 15.1. The summed E-state index contributed by atoms with van der Waals surface area (Å²) in [5.41, 5.74) is 6.54. The fraction of sp³-hybridized carbons (Fsp3) is 0.222. The Balaban J connectivity index is 1.76. The van der Waals surface area contributed by atoms with Crippen molar-refractivity contribution in [3.8, 4) is 11.5 Å². The third-order valence-corrected chi connectivity index (χ3v) is 4.31. The van der Waals surface area contributed by atoms with Crippen LogP contribution in [0.3, 0.4) is 0 Å². The fourth-order valence-corrected chi connectivity index (χ4v) is 3.55. The van der Waals surface area contributed by atoms with Gasteiger partial charge in [0.2, 0.25) is 0 Å². The van der Waals surface area contributed by atoms with Crippen LogP contribution in [0.1, 0.15) is 11.1 Å². The first-order valence-electron chi connectivity index (χ1n) is 7.80. The summed E-state index contributed by atoms with van der Waals surface area (Å²) in [7, 11) is 0. The molecule has 2 rings (SSSR count). The first kappa shape index (κ1) is 21.3. The molecule has 9 heteroatoms. The maximum atomic E-state index is 11.8. The van der Waals surface area contributed by atoms with Crippen molar-refractivity contribution in [2.45, 2.75) is 13.8 Å². The van der Waals surface area contributed by atoms with Gasteiger partial charge >= 0.3 is 0 Å². The molecule has 0 aliphatic rings. The summed E-state index contributed by atoms with van der Waals surface area (Å²) in [4.78, 5) is 23.6. The van der Waals surface area contributed by atoms with Crippen LogP contribution >= 0.6 is 39.1 Å². The number of ether oxygens (including phenoxy) is 2. The molecule has 0 radical (unpaired) electrons. The van der Waals surface area contributed by atoms with Crippen molar-refractivity contribution in [1.29, 1.82) is 0 Å². The van der Waals surface area contributed by atoms with E-state index in [1.165, 1.54) is 6.07 Å². The zero-order valence-corrected chi connectivity index (χ0v) is 17.7. The van der Waals surface area contributed by atoms with Crippen LogP contribution in [0.25, 0.3) is 0 Å². The Hall–Kier alpha value is -1.96. The number of hydrazine groups is 1. The lowest BCUT2D eigenvalue weighted by Crippen LogP contribution is -2.45. The van der Waals surface area contributed by atoms with Gasteiger partial charge in [-0.25, -0.2) is 0 Å². The molecular weight excluding hydrogens is 459 g/mol. The van der Waals surface area contributed by atoms with Crippen molar-refractivity contribution in [2.75, 3.05) is 13.2 Å². The highest BCUT2D eigenvalue weighted by Gasteiger charge is 2.12. The largest absolute Gasteiger partial charge is 0.484 e. The van der Waals surface area contributed by atoms with Gasteiger partial charge in [-0.15, -0.1) is 0 Å². The number of carbonyl (C=O) groups excluding carboxylic acids is 2. The number of rotatable bonds is 6. The molecule has 2 aromatic rings. The maximum Gasteiger partial charge on any atom is 0.276 e. The smallest absolute Gasteiger partial charge is 0.276 e. The Morgan fingerprint density at radius 3 is 2.04 bits per heavy atom. The molecule has 0 heterocycles. The van der Waals surface area contributed by atoms with Gasteiger partial charge in [0.05, 0.1) is 9.50 Å². The summed E-state index contributed by atoms with van der Waals surface area (Å²) in [6, 6.07) is 8.72. The highest BCUT2D eigenvalue weighted by Crippen LogP contribution is 2.35. The topological polar surface area (TPSA) is 76.7 Å². The van der Waals surface area contributed by atoms with E-state index < -0.39 is 11.8 Å². The van der Waals surface area contributed by atoms with E-state index in [-0.39, 0.29) is 24.0 Å². The molecule has 0 aromatic heterocycles. The maximum absolute atomic E-state index is 11.8. The second-order valence-corrected chi connectivity index (χ2v) is 7.39. The molecule has 2 amide bonds. The fourth-order valence-electron chi connectivity index (χ4n) is 2.18. The number of hydrogen-bond acceptors (Lipinski definition) is 4. The monoisotopic (exact) mass is 474 g/mol. The molecule has 0 spiro atoms. The Bertz CT molecular complexity index is 818. The van der Waals surface area contributed by atoms with Crippen LogP contribution in [0.15, 0.2) is 34.8 Å². The molecule has 27 heavy (non-hydrogen) atoms. The van der Waals surface area contributed by atoms with Crippen molar-refractivity contribution in [2.24, 2.45) is 0 Å². The van der Waals surface area contributed by atoms with Gasteiger partial charge in [-0.3, -0.25) is 20.4 Å². The molecule has 0 aliphatic heterocycles. The van der Waals surface area contributed by atoms with Crippen molar-refractivity contribution >= 4 is 50.9 Å². The number of aryl methyl sites for hydroxylation is 2. The molecule has 2 aromatic carbocycles. The molecule has 0 bridgehead atoms. The van der Waals surface area contributed by atoms with Crippen molar-refractivity contribution in [1.82, 2.24) is 10.9 Å². The van der Waals surface area contributed by atoms with Crippen molar-refractivity contribution < 1.29 is 19.1 Å². The zero-order valence-electron chi connectivity index (χ0n) is 14.6. The lowest BCUT2D eigenvalue weighted by Gasteiger charge is -2.12. The number of nitrogens with one attached hydrogen (secondary N) is 2. The van der Waals surface area contributed by atoms with E-state index in [0.29, 0.717) is 15.2 Å². The molecule has 0 saturated carbocycles. The zero-order chi connectivity index (χ0) is 20.0. The van der Waals surface area contributed by atoms with Crippen LogP contribution in [-0.4, -0.2) is 25.0 Å². The average molecular weight is 476 g/mol. The van der Waals surface area contributed by atoms with E-state index in [4.69, 9.17) is 32.7 Å². The molecule has 144 valence electrons. The van der Waals surface area contributed by atoms with Gasteiger partial charge in [0.15, 0.2) is 19.0 Å². The van der Waals surface area contributed by atoms with Crippen LogP contribution in [0.5, 0.6) is 11.5 Å². The lowest BCUT2D eigenvalue weighted by molar-refractivity contribution is -0.131. The number of hydrogen-bond donors (Lipinski definition) is 2. The van der Waals surface area contributed by atoms with Crippen LogP contribution in [0.4, 0.5) is 0 Å². The Labute approximate surface area is 175 Å². The average Bonchev–Trinajstić information content (AvgIpc) is 2.56. The Kier molecular flexibility index (Phi) is 7.77. The molecule has 0 atom stereocenters. The third-order valence-electron chi connectivity index (χ3n) is 3.22. The number of benzene rings is 2. The minimum Gasteiger partial charge on any atom is -0.484 e. The number of carbonyl (C=O) groups is 2. The van der Waals surface area contributed by atoms with Gasteiger partial charge in [0.1, 0.15) is 5.75 Å². The van der Waals surface area contributed by atoms with Gasteiger partial charge in [-0.1, -0.05) is 29.3 Å². The van der Waals surface area contributed by atoms with E-state index in [2.05, 4.69) is 26.8 Å². The van der Waals surface area contributed by atoms with Crippen LogP contribution in [0.2, 0.25) is 10.0 Å². The quantitative estimate of drug-likeness (QED) is 0.619. The first-order valence-corrected chi connectivity index (χ1v) is 9.35. The van der Waals surface area contributed by atoms with E-state index in [9.17, 15) is 9.59 Å². The molecule has 6 nitrogen and oxygen atoms in total. The molecule has 0 unspecified atom stereocenters. The predicted molar refractivity (Wildman–Crippen MR) is 107 cm³/mol. The summed E-state index contributed by atoms with van der Waals surface area (Å²) in [5, 5.41) is 0.688. The minimum atomic E-state index is -0.562. The molecule has 0 saturated heterocycles. The van der Waals surface area contributed by atoms with Crippen LogP contribution < -0.4 is 20.3 Å². The van der Waals surface area contributed by atoms with Crippen molar-refractivity contribution in [3.63, 3.8) is 0 Å². The Morgan fingerprint density at radius 2 is 1.48 bits per heavy atom. The number of halogens is 3. The predicted octanol–water partition coefficient (Wildman–Crippen LogP) is 3.98. The van der Waals surface area contributed by atoms with Gasteiger partial charge < -0.3 is 9.47 Å². The normalized spacial score (nSPS) is 10.3. The molecular formula is C18H17BrCl2N2O4. The standard InChI is InChI=1S/C18H17BrCl2N2O4/c1-10-3-11(2)5-13(4-10)26-8-16(24)22-23-17(25)9-27-18-14(19)6-12(20)7-15(18)21/h3-7H,8-9H2,1-2H3,(H,22,24)(H,23,25). The van der Waals surface area contributed by atoms with Gasteiger partial charge in [-0.2, -0.15) is 0 Å². The minimum absolute atomic E-state index is 0.238. The SMILES string of the molecule is Cc1cc(C)cc(OCC(=O)NNC(=O)COc2c(Cl)cc(Cl)cc2Br)c1. The number of amides is 2. The van der Waals surface area contributed by atoms with Gasteiger partial charge in [0, 0.05) is 5.02 Å². The Morgan fingerprint density at radius 1 is 0.926 bits per heavy atom. The van der Waals surface area contributed by atoms with Crippen LogP contribution in [0, 0.1) is 13.8 Å². The second kappa shape index (κ2) is 9.82. The second-order valence-electron chi connectivity index (χ2n) is 5.70.